The topological polar surface area (TPSA) is 146 Å². The predicted octanol–water partition coefficient (Wildman–Crippen LogP) is 2.43. The van der Waals surface area contributed by atoms with Gasteiger partial charge >= 0.3 is 34.1 Å². The predicted molar refractivity (Wildman–Crippen MR) is 114 cm³/mol. The molecule has 8 nitrogen and oxygen atoms in total. The second-order valence-electron chi connectivity index (χ2n) is 5.39. The van der Waals surface area contributed by atoms with Gasteiger partial charge in [-0.25, -0.2) is 0 Å². The first-order valence-corrected chi connectivity index (χ1v) is 9.18. The third-order valence-corrected chi connectivity index (χ3v) is 2.96. The van der Waals surface area contributed by atoms with Gasteiger partial charge in [0.2, 0.25) is 0 Å². The standard InChI is InChI=1S/C16H20N4O.C2H6O2.C2H6.2Cu.H2O.H2/c21-16(13-18-12-15-6-2-4-9-20-15)7-10-17-11-14-5-1-3-8-19-14;1-2(3)4;1-2;;;;/h1-6,8-9,16,21H,7,10-13H2;2-4H,1H3;1-2H3;;;1H2;1H/q-2;;;2*+1;;/t16-;;;;;;/m0....../s1. The average molecular weight is 524 g/mol. The van der Waals surface area contributed by atoms with Crippen molar-refractivity contribution >= 4 is 0 Å². The van der Waals surface area contributed by atoms with Crippen molar-refractivity contribution in [2.24, 2.45) is 0 Å². The molecule has 0 bridgehead atoms. The Hall–Kier alpha value is -0.901. The number of aliphatic hydroxyl groups excluding tert-OH is 2. The number of pyridine rings is 2. The molecular formula is C20H36Cu2N4O4. The molecule has 0 aliphatic heterocycles. The molecule has 2 heterocycles. The van der Waals surface area contributed by atoms with Crippen LogP contribution in [0.25, 0.3) is 10.6 Å². The Balaban J connectivity index is -0.000000203. The summed E-state index contributed by atoms with van der Waals surface area (Å²) in [7, 11) is 0. The van der Waals surface area contributed by atoms with Crippen molar-refractivity contribution in [2.45, 2.75) is 52.7 Å². The number of hydrogen-bond acceptors (Lipinski definition) is 5. The maximum Gasteiger partial charge on any atom is 1.00 e. The molecule has 0 spiro atoms. The monoisotopic (exact) mass is 522 g/mol. The largest absolute Gasteiger partial charge is 1.00 e. The van der Waals surface area contributed by atoms with Crippen molar-refractivity contribution in [3.63, 3.8) is 0 Å². The molecule has 10 heteroatoms. The third-order valence-electron chi connectivity index (χ3n) is 2.96. The van der Waals surface area contributed by atoms with E-state index in [1.807, 2.05) is 50.2 Å². The van der Waals surface area contributed by atoms with Gasteiger partial charge in [-0.3, -0.25) is 9.97 Å². The van der Waals surface area contributed by atoms with Crippen molar-refractivity contribution < 1.29 is 56.4 Å². The molecule has 0 aliphatic carbocycles. The second kappa shape index (κ2) is 26.1. The number of rotatable bonds is 9. The van der Waals surface area contributed by atoms with Crippen LogP contribution in [0.3, 0.4) is 0 Å². The van der Waals surface area contributed by atoms with Crippen molar-refractivity contribution in [3.05, 3.63) is 70.8 Å². The van der Waals surface area contributed by atoms with E-state index in [0.29, 0.717) is 32.6 Å². The zero-order chi connectivity index (χ0) is 20.3. The first-order chi connectivity index (χ1) is 13.1. The van der Waals surface area contributed by atoms with Gasteiger partial charge in [0.25, 0.3) is 0 Å². The van der Waals surface area contributed by atoms with E-state index in [-0.39, 0.29) is 41.0 Å². The fraction of sp³-hybridized carbons (Fsp3) is 0.500. The Kier molecular flexibility index (Phi) is 31.8. The van der Waals surface area contributed by atoms with Gasteiger partial charge in [0, 0.05) is 31.3 Å². The normalized spacial score (nSPS) is 9.97. The summed E-state index contributed by atoms with van der Waals surface area (Å²) in [4.78, 5) is 8.38. The molecule has 1 atom stereocenters. The van der Waals surface area contributed by atoms with Crippen molar-refractivity contribution in [2.75, 3.05) is 13.1 Å². The Bertz CT molecular complexity index is 559. The molecule has 0 radical (unpaired) electrons. The van der Waals surface area contributed by atoms with Gasteiger partial charge in [-0.1, -0.05) is 26.0 Å². The summed E-state index contributed by atoms with van der Waals surface area (Å²) in [5.74, 6) is 0. The van der Waals surface area contributed by atoms with Gasteiger partial charge in [-0.05, 0) is 37.6 Å². The first kappa shape index (κ1) is 36.5. The molecule has 2 rings (SSSR count). The van der Waals surface area contributed by atoms with E-state index in [9.17, 15) is 5.11 Å². The molecule has 30 heavy (non-hydrogen) atoms. The summed E-state index contributed by atoms with van der Waals surface area (Å²) in [6.07, 6.45) is 2.52. The van der Waals surface area contributed by atoms with Crippen molar-refractivity contribution in [3.8, 4) is 0 Å². The van der Waals surface area contributed by atoms with Crippen LogP contribution in [0.4, 0.5) is 0 Å². The second-order valence-corrected chi connectivity index (χ2v) is 5.39. The Labute approximate surface area is 202 Å². The smallest absolute Gasteiger partial charge is 0.657 e. The first-order valence-electron chi connectivity index (χ1n) is 9.18. The summed E-state index contributed by atoms with van der Waals surface area (Å²) in [6.45, 7) is 7.47. The Morgan fingerprint density at radius 1 is 0.867 bits per heavy atom. The van der Waals surface area contributed by atoms with Crippen LogP contribution in [-0.2, 0) is 47.2 Å². The maximum absolute atomic E-state index is 9.83. The van der Waals surface area contributed by atoms with Gasteiger partial charge < -0.3 is 31.4 Å². The minimum Gasteiger partial charge on any atom is -0.657 e. The fourth-order valence-corrected chi connectivity index (χ4v) is 1.84. The van der Waals surface area contributed by atoms with Crippen LogP contribution in [0.2, 0.25) is 0 Å². The van der Waals surface area contributed by atoms with Gasteiger partial charge in [-0.2, -0.15) is 0 Å². The van der Waals surface area contributed by atoms with Crippen LogP contribution >= 0.6 is 0 Å². The average Bonchev–Trinajstić information content (AvgIpc) is 2.68. The molecule has 0 unspecified atom stereocenters. The fourth-order valence-electron chi connectivity index (χ4n) is 1.84. The number of hydrogen-bond donors (Lipinski definition) is 3. The van der Waals surface area contributed by atoms with Crippen LogP contribution in [0.15, 0.2) is 48.8 Å². The SMILES string of the molecule is CC.CC(O)O.O.O[C@@H](CC[N-]Cc1ccccn1)C[N-]Cc1ccccn1.[Cu+].[Cu+].[HH]. The van der Waals surface area contributed by atoms with Gasteiger partial charge in [0.15, 0.2) is 0 Å². The molecular weight excluding hydrogens is 487 g/mol. The molecule has 0 saturated carbocycles. The van der Waals surface area contributed by atoms with E-state index >= 15 is 0 Å². The molecule has 5 N–H and O–H groups in total. The molecule has 0 amide bonds. The maximum atomic E-state index is 9.83. The summed E-state index contributed by atoms with van der Waals surface area (Å²) in [5, 5.41) is 33.7. The zero-order valence-corrected chi connectivity index (χ0v) is 19.4. The van der Waals surface area contributed by atoms with Crippen LogP contribution in [-0.4, -0.2) is 56.2 Å². The van der Waals surface area contributed by atoms with E-state index in [2.05, 4.69) is 20.6 Å². The summed E-state index contributed by atoms with van der Waals surface area (Å²) in [5.41, 5.74) is 1.87. The van der Waals surface area contributed by atoms with E-state index in [1.165, 1.54) is 6.92 Å². The molecule has 2 aromatic heterocycles. The zero-order valence-electron chi connectivity index (χ0n) is 17.5. The minimum atomic E-state index is -1.17. The summed E-state index contributed by atoms with van der Waals surface area (Å²) < 4.78 is 0. The molecule has 2 aromatic rings. The summed E-state index contributed by atoms with van der Waals surface area (Å²) in [6, 6.07) is 11.5. The molecule has 0 saturated heterocycles. The number of aliphatic hydroxyl groups is 3. The van der Waals surface area contributed by atoms with E-state index < -0.39 is 12.4 Å². The van der Waals surface area contributed by atoms with Gasteiger partial charge in [0.05, 0.1) is 0 Å². The van der Waals surface area contributed by atoms with Gasteiger partial charge in [-0.15, -0.1) is 26.2 Å². The molecule has 0 fully saturated rings. The number of nitrogens with zero attached hydrogens (tertiary/aromatic N) is 4. The Morgan fingerprint density at radius 2 is 1.30 bits per heavy atom. The van der Waals surface area contributed by atoms with Crippen molar-refractivity contribution in [1.29, 1.82) is 0 Å². The van der Waals surface area contributed by atoms with Gasteiger partial charge in [0.1, 0.15) is 6.29 Å². The summed E-state index contributed by atoms with van der Waals surface area (Å²) >= 11 is 0. The van der Waals surface area contributed by atoms with Crippen LogP contribution in [0.1, 0.15) is 40.0 Å². The van der Waals surface area contributed by atoms with Crippen molar-refractivity contribution in [1.82, 2.24) is 9.97 Å². The minimum absolute atomic E-state index is 0. The van der Waals surface area contributed by atoms with Crippen LogP contribution < -0.4 is 0 Å². The van der Waals surface area contributed by atoms with E-state index in [4.69, 9.17) is 10.2 Å². The number of aromatic nitrogens is 2. The van der Waals surface area contributed by atoms with E-state index in [0.717, 1.165) is 11.4 Å². The quantitative estimate of drug-likeness (QED) is 0.262. The van der Waals surface area contributed by atoms with Crippen LogP contribution in [0, 0.1) is 0 Å². The van der Waals surface area contributed by atoms with E-state index in [1.54, 1.807) is 12.4 Å². The van der Waals surface area contributed by atoms with Crippen LogP contribution in [0.5, 0.6) is 0 Å². The molecule has 182 valence electrons. The third kappa shape index (κ3) is 23.4. The molecule has 0 aromatic carbocycles. The molecule has 0 aliphatic rings. The Morgan fingerprint density at radius 3 is 1.70 bits per heavy atom.